The van der Waals surface area contributed by atoms with Gasteiger partial charge in [0.15, 0.2) is 11.6 Å². The van der Waals surface area contributed by atoms with Crippen molar-refractivity contribution >= 4 is 17.3 Å². The topological polar surface area (TPSA) is 121 Å². The summed E-state index contributed by atoms with van der Waals surface area (Å²) in [5.74, 6) is -1.84. The lowest BCUT2D eigenvalue weighted by molar-refractivity contribution is -0.126. The molecule has 0 saturated heterocycles. The van der Waals surface area contributed by atoms with Gasteiger partial charge in [-0.1, -0.05) is 12.1 Å². The van der Waals surface area contributed by atoms with Crippen LogP contribution in [0.2, 0.25) is 0 Å². The average Bonchev–Trinajstić information content (AvgIpc) is 2.75. The number of ketones is 3. The van der Waals surface area contributed by atoms with E-state index in [0.29, 0.717) is 24.0 Å². The molecule has 0 amide bonds. The van der Waals surface area contributed by atoms with Crippen LogP contribution in [0.25, 0.3) is 0 Å². The van der Waals surface area contributed by atoms with E-state index in [2.05, 4.69) is 0 Å². The first-order valence-corrected chi connectivity index (χ1v) is 9.34. The molecule has 0 aliphatic heterocycles. The third-order valence-electron chi connectivity index (χ3n) is 5.94. The molecule has 0 saturated carbocycles. The molecular formula is C22H20O7. The number of carbonyl (C=O) groups excluding carboxylic acids is 3. The zero-order valence-corrected chi connectivity index (χ0v) is 15.8. The highest BCUT2D eigenvalue weighted by atomic mass is 16.5. The predicted molar refractivity (Wildman–Crippen MR) is 101 cm³/mol. The van der Waals surface area contributed by atoms with Gasteiger partial charge < -0.3 is 20.1 Å². The molecule has 2 aliphatic rings. The monoisotopic (exact) mass is 396 g/mol. The van der Waals surface area contributed by atoms with Gasteiger partial charge in [-0.3, -0.25) is 14.4 Å². The molecule has 3 N–H and O–H groups in total. The van der Waals surface area contributed by atoms with Crippen molar-refractivity contribution in [1.82, 2.24) is 0 Å². The first-order valence-electron chi connectivity index (χ1n) is 9.34. The van der Waals surface area contributed by atoms with Crippen LogP contribution in [0.5, 0.6) is 11.5 Å². The van der Waals surface area contributed by atoms with Gasteiger partial charge >= 0.3 is 0 Å². The molecule has 0 bridgehead atoms. The fourth-order valence-corrected chi connectivity index (χ4v) is 4.51. The summed E-state index contributed by atoms with van der Waals surface area (Å²) in [5, 5.41) is 30.2. The lowest BCUT2D eigenvalue weighted by Crippen LogP contribution is -2.30. The summed E-state index contributed by atoms with van der Waals surface area (Å²) in [7, 11) is 1.40. The number of phenolic OH excluding ortho intramolecular Hbond substituents is 1. The third-order valence-corrected chi connectivity index (χ3v) is 5.94. The van der Waals surface area contributed by atoms with Gasteiger partial charge in [-0.15, -0.1) is 0 Å². The van der Waals surface area contributed by atoms with Gasteiger partial charge in [0.05, 0.1) is 24.8 Å². The van der Waals surface area contributed by atoms with E-state index in [-0.39, 0.29) is 51.5 Å². The van der Waals surface area contributed by atoms with Crippen molar-refractivity contribution in [3.63, 3.8) is 0 Å². The molecule has 150 valence electrons. The minimum Gasteiger partial charge on any atom is -0.507 e. The van der Waals surface area contributed by atoms with Crippen LogP contribution in [-0.2, 0) is 24.2 Å². The zero-order chi connectivity index (χ0) is 20.9. The Morgan fingerprint density at radius 2 is 1.86 bits per heavy atom. The molecule has 1 unspecified atom stereocenters. The molecule has 0 heterocycles. The molecule has 29 heavy (non-hydrogen) atoms. The molecule has 2 aromatic carbocycles. The van der Waals surface area contributed by atoms with Crippen molar-refractivity contribution in [2.75, 3.05) is 13.7 Å². The van der Waals surface area contributed by atoms with Gasteiger partial charge in [0.25, 0.3) is 0 Å². The highest BCUT2D eigenvalue weighted by Crippen LogP contribution is 2.44. The number of hydrogen-bond acceptors (Lipinski definition) is 7. The van der Waals surface area contributed by atoms with E-state index in [1.165, 1.54) is 13.2 Å². The number of rotatable bonds is 4. The lowest BCUT2D eigenvalue weighted by Gasteiger charge is -2.30. The fourth-order valence-electron chi connectivity index (χ4n) is 4.51. The van der Waals surface area contributed by atoms with E-state index >= 15 is 0 Å². The van der Waals surface area contributed by atoms with Crippen LogP contribution in [0, 0.1) is 5.92 Å². The summed E-state index contributed by atoms with van der Waals surface area (Å²) in [6.07, 6.45) is 0.904. The van der Waals surface area contributed by atoms with E-state index in [1.807, 2.05) is 0 Å². The van der Waals surface area contributed by atoms with E-state index < -0.39 is 30.7 Å². The second-order valence-electron chi connectivity index (χ2n) is 7.30. The van der Waals surface area contributed by atoms with Gasteiger partial charge in [-0.25, -0.2) is 0 Å². The van der Waals surface area contributed by atoms with Gasteiger partial charge in [-0.05, 0) is 42.0 Å². The van der Waals surface area contributed by atoms with Crippen molar-refractivity contribution < 1.29 is 34.4 Å². The highest BCUT2D eigenvalue weighted by Gasteiger charge is 2.40. The second-order valence-corrected chi connectivity index (χ2v) is 7.30. The summed E-state index contributed by atoms with van der Waals surface area (Å²) >= 11 is 0. The van der Waals surface area contributed by atoms with Crippen LogP contribution in [0.1, 0.15) is 55.0 Å². The number of benzene rings is 2. The Hall–Kier alpha value is -3.03. The number of phenols is 1. The number of ether oxygens (including phenoxy) is 1. The predicted octanol–water partition coefficient (Wildman–Crippen LogP) is 1.33. The summed E-state index contributed by atoms with van der Waals surface area (Å²) in [6, 6.07) is 4.68. The lowest BCUT2D eigenvalue weighted by atomic mass is 9.73. The van der Waals surface area contributed by atoms with Crippen molar-refractivity contribution in [3.8, 4) is 11.5 Å². The first-order chi connectivity index (χ1) is 13.9. The number of hydrogen-bond donors (Lipinski definition) is 3. The van der Waals surface area contributed by atoms with E-state index in [9.17, 15) is 29.7 Å². The minimum absolute atomic E-state index is 0.0217. The Morgan fingerprint density at radius 1 is 1.10 bits per heavy atom. The van der Waals surface area contributed by atoms with Gasteiger partial charge in [-0.2, -0.15) is 0 Å². The molecule has 4 rings (SSSR count). The van der Waals surface area contributed by atoms with Crippen LogP contribution in [-0.4, -0.2) is 46.4 Å². The van der Waals surface area contributed by atoms with Crippen LogP contribution >= 0.6 is 0 Å². The van der Waals surface area contributed by atoms with Gasteiger partial charge in [0.1, 0.15) is 18.1 Å². The number of aliphatic hydroxyl groups excluding tert-OH is 2. The van der Waals surface area contributed by atoms with Crippen LogP contribution in [0.4, 0.5) is 0 Å². The molecule has 0 aromatic heterocycles. The van der Waals surface area contributed by atoms with E-state index in [1.54, 1.807) is 12.1 Å². The summed E-state index contributed by atoms with van der Waals surface area (Å²) in [5.41, 5.74) is 1.33. The molecule has 2 aliphatic carbocycles. The Balaban J connectivity index is 1.98. The standard InChI is InChI=1S/C22H20O7/c1-29-16-4-2-3-12-17(16)22(28)19-18(21(12)27)14(8-23)13-7-10(15(25)9-24)5-6-11(13)20(19)26/h2-4,10,23-24,26H,5-9H2,1H3. The fraction of sp³-hybridized carbons (Fsp3) is 0.318. The average molecular weight is 396 g/mol. The zero-order valence-electron chi connectivity index (χ0n) is 15.8. The number of fused-ring (bicyclic) bond motifs is 3. The normalized spacial score (nSPS) is 17.4. The van der Waals surface area contributed by atoms with Crippen LogP contribution < -0.4 is 4.74 Å². The number of carbonyl (C=O) groups is 3. The number of methoxy groups -OCH3 is 1. The van der Waals surface area contributed by atoms with Gasteiger partial charge in [0.2, 0.25) is 5.78 Å². The van der Waals surface area contributed by atoms with Crippen LogP contribution in [0.15, 0.2) is 18.2 Å². The molecular weight excluding hydrogens is 376 g/mol. The first kappa shape index (κ1) is 19.3. The minimum atomic E-state index is -0.587. The third kappa shape index (κ3) is 2.69. The quantitative estimate of drug-likeness (QED) is 0.608. The maximum Gasteiger partial charge on any atom is 0.201 e. The molecule has 0 radical (unpaired) electrons. The molecule has 0 spiro atoms. The summed E-state index contributed by atoms with van der Waals surface area (Å²) in [6.45, 7) is -1.10. The summed E-state index contributed by atoms with van der Waals surface area (Å²) < 4.78 is 5.24. The van der Waals surface area contributed by atoms with E-state index in [0.717, 1.165) is 0 Å². The molecule has 2 aromatic rings. The Morgan fingerprint density at radius 3 is 2.52 bits per heavy atom. The second kappa shape index (κ2) is 7.09. The smallest absolute Gasteiger partial charge is 0.201 e. The number of aliphatic hydroxyl groups is 2. The summed E-state index contributed by atoms with van der Waals surface area (Å²) in [4.78, 5) is 38.5. The van der Waals surface area contributed by atoms with Crippen molar-refractivity contribution in [3.05, 3.63) is 57.1 Å². The maximum atomic E-state index is 13.3. The SMILES string of the molecule is COc1cccc2c1C(=O)c1c(O)c3c(c(CO)c1C2=O)CC(C(=O)CO)CC3. The van der Waals surface area contributed by atoms with Crippen molar-refractivity contribution in [2.45, 2.75) is 25.9 Å². The Labute approximate surface area is 166 Å². The molecule has 7 nitrogen and oxygen atoms in total. The van der Waals surface area contributed by atoms with Gasteiger partial charge in [0, 0.05) is 17.0 Å². The highest BCUT2D eigenvalue weighted by molar-refractivity contribution is 6.31. The Bertz CT molecular complexity index is 1070. The largest absolute Gasteiger partial charge is 0.507 e. The molecule has 7 heteroatoms. The van der Waals surface area contributed by atoms with Crippen LogP contribution in [0.3, 0.4) is 0 Å². The van der Waals surface area contributed by atoms with Crippen molar-refractivity contribution in [1.29, 1.82) is 0 Å². The Kier molecular flexibility index (Phi) is 4.72. The molecule has 1 atom stereocenters. The maximum absolute atomic E-state index is 13.3. The molecule has 0 fully saturated rings. The van der Waals surface area contributed by atoms with Crippen molar-refractivity contribution in [2.24, 2.45) is 5.92 Å². The number of Topliss-reactive ketones (excluding diaryl/α,β-unsaturated/α-hetero) is 1. The van der Waals surface area contributed by atoms with E-state index in [4.69, 9.17) is 4.74 Å². The number of aromatic hydroxyl groups is 1.